The lowest BCUT2D eigenvalue weighted by molar-refractivity contribution is -0.132. The number of amides is 1. The van der Waals surface area contributed by atoms with Crippen LogP contribution in [0.2, 0.25) is 0 Å². The van der Waals surface area contributed by atoms with E-state index in [1.807, 2.05) is 22.5 Å². The average molecular weight is 711 g/mol. The summed E-state index contributed by atoms with van der Waals surface area (Å²) < 4.78 is 59.0. The van der Waals surface area contributed by atoms with E-state index in [1.54, 1.807) is 19.1 Å². The number of ether oxygens (including phenoxy) is 2. The van der Waals surface area contributed by atoms with Gasteiger partial charge in [-0.15, -0.1) is 0 Å². The van der Waals surface area contributed by atoms with E-state index in [0.717, 1.165) is 28.8 Å². The number of pyridine rings is 1. The van der Waals surface area contributed by atoms with Gasteiger partial charge in [-0.2, -0.15) is 5.10 Å². The van der Waals surface area contributed by atoms with Gasteiger partial charge in [0.15, 0.2) is 11.5 Å². The first kappa shape index (κ1) is 32.3. The number of fused-ring (bicyclic) bond motifs is 8. The molecule has 0 saturated carbocycles. The van der Waals surface area contributed by atoms with Crippen molar-refractivity contribution in [2.45, 2.75) is 51.3 Å². The number of hydrogen-bond acceptors (Lipinski definition) is 10. The van der Waals surface area contributed by atoms with Gasteiger partial charge in [-0.25, -0.2) is 37.8 Å². The maximum atomic E-state index is 15.3. The lowest BCUT2D eigenvalue weighted by atomic mass is 10.0. The molecule has 1 N–H and O–H groups in total. The number of carbonyl (C=O) groups is 1. The number of likely N-dealkylation sites (N-methyl/N-ethyl adjacent to an activating group) is 1. The summed E-state index contributed by atoms with van der Waals surface area (Å²) in [5.41, 5.74) is 4.57. The molecule has 3 aliphatic heterocycles. The fourth-order valence-electron chi connectivity index (χ4n) is 7.80. The molecule has 7 heterocycles. The maximum absolute atomic E-state index is 15.3. The molecule has 52 heavy (non-hydrogen) atoms. The molecule has 1 saturated heterocycles. The SMILES string of the molecule is CO[C@H]1CN(C)C(=O)[C@@H]2C[C@@H](CN2c2ncnc3c2cnn3-c2ccc(F)cc2F)Nc2cc3c(c(n2)-c2cc(F)cc4nc(C)n(c24)C1)COC3. The average Bonchev–Trinajstić information content (AvgIpc) is 3.92. The van der Waals surface area contributed by atoms with Crippen LogP contribution in [0, 0.1) is 24.4 Å². The third-order valence-electron chi connectivity index (χ3n) is 10.2. The summed E-state index contributed by atoms with van der Waals surface area (Å²) in [6, 6.07) is 7.15. The van der Waals surface area contributed by atoms with E-state index in [-0.39, 0.29) is 24.2 Å². The van der Waals surface area contributed by atoms with E-state index < -0.39 is 29.6 Å². The number of aryl methyl sites for hydroxylation is 1. The van der Waals surface area contributed by atoms with Crippen LogP contribution in [-0.2, 0) is 34.0 Å². The fraction of sp³-hybridized carbons (Fsp3) is 0.333. The van der Waals surface area contributed by atoms with Crippen LogP contribution in [0.3, 0.4) is 0 Å². The molecule has 266 valence electrons. The summed E-state index contributed by atoms with van der Waals surface area (Å²) in [4.78, 5) is 36.8. The minimum atomic E-state index is -0.797. The Bertz CT molecular complexity index is 2420. The molecule has 0 radical (unpaired) electrons. The lowest BCUT2D eigenvalue weighted by Crippen LogP contribution is -2.47. The highest BCUT2D eigenvalue weighted by molar-refractivity contribution is 5.94. The number of imidazole rings is 1. The minimum absolute atomic E-state index is 0.0238. The summed E-state index contributed by atoms with van der Waals surface area (Å²) in [7, 11) is 3.34. The Labute approximate surface area is 295 Å². The Hall–Kier alpha value is -5.61. The number of nitrogens with zero attached hydrogens (tertiary/aromatic N) is 9. The van der Waals surface area contributed by atoms with E-state index in [0.29, 0.717) is 78.0 Å². The molecule has 1 amide bonds. The number of rotatable bonds is 3. The van der Waals surface area contributed by atoms with Gasteiger partial charge in [-0.3, -0.25) is 4.79 Å². The van der Waals surface area contributed by atoms with E-state index >= 15 is 4.39 Å². The van der Waals surface area contributed by atoms with E-state index in [2.05, 4.69) is 20.4 Å². The van der Waals surface area contributed by atoms with Crippen LogP contribution in [0.4, 0.5) is 24.8 Å². The summed E-state index contributed by atoms with van der Waals surface area (Å²) in [6.07, 6.45) is 2.81. The second-order valence-corrected chi connectivity index (χ2v) is 13.5. The van der Waals surface area contributed by atoms with Gasteiger partial charge < -0.3 is 29.2 Å². The fourth-order valence-corrected chi connectivity index (χ4v) is 7.80. The Kier molecular flexibility index (Phi) is 7.62. The zero-order valence-corrected chi connectivity index (χ0v) is 28.5. The van der Waals surface area contributed by atoms with Crippen molar-refractivity contribution in [3.8, 4) is 16.9 Å². The first-order valence-corrected chi connectivity index (χ1v) is 16.9. The number of carbonyl (C=O) groups excluding carboxylic acids is 1. The van der Waals surface area contributed by atoms with E-state index in [9.17, 15) is 13.6 Å². The van der Waals surface area contributed by atoms with Gasteiger partial charge in [0.1, 0.15) is 47.2 Å². The summed E-state index contributed by atoms with van der Waals surface area (Å²) in [5.74, 6) is -0.423. The second-order valence-electron chi connectivity index (χ2n) is 13.5. The number of methoxy groups -OCH3 is 1. The molecule has 2 aromatic carbocycles. The third-order valence-corrected chi connectivity index (χ3v) is 10.2. The molecule has 3 atom stereocenters. The predicted octanol–water partition coefficient (Wildman–Crippen LogP) is 4.53. The Morgan fingerprint density at radius 3 is 2.69 bits per heavy atom. The normalized spacial score (nSPS) is 20.3. The second kappa shape index (κ2) is 12.3. The van der Waals surface area contributed by atoms with Crippen LogP contribution in [-0.4, -0.2) is 90.5 Å². The van der Waals surface area contributed by atoms with Crippen molar-refractivity contribution >= 4 is 39.6 Å². The van der Waals surface area contributed by atoms with Crippen molar-refractivity contribution in [3.63, 3.8) is 0 Å². The number of benzene rings is 2. The Balaban J connectivity index is 1.17. The summed E-state index contributed by atoms with van der Waals surface area (Å²) in [5, 5.41) is 8.44. The zero-order chi connectivity index (χ0) is 35.8. The highest BCUT2D eigenvalue weighted by Gasteiger charge is 2.41. The minimum Gasteiger partial charge on any atom is -0.378 e. The highest BCUT2D eigenvalue weighted by atomic mass is 19.1. The lowest BCUT2D eigenvalue weighted by Gasteiger charge is -2.30. The molecule has 4 bridgehead atoms. The topological polar surface area (TPSA) is 128 Å². The highest BCUT2D eigenvalue weighted by Crippen LogP contribution is 2.38. The standard InChI is InChI=1S/C36H33F3N10O3/c1-18-43-28-9-21(38)7-24-32-26-16-52-15-19(26)6-31(45-32)44-22-10-30(36(50)46(2)13-23(51-3)14-47(18)33(24)28)48(12-22)34-25-11-42-49(35(25)41-17-40-34)29-5-4-20(37)8-27(29)39/h4-9,11,17,22-23,30H,10,12-16H2,1-3H3,(H,44,45)/t22-,23-,30-/m0/s1. The molecule has 0 spiro atoms. The van der Waals surface area contributed by atoms with Gasteiger partial charge >= 0.3 is 0 Å². The van der Waals surface area contributed by atoms with E-state index in [1.165, 1.54) is 35.4 Å². The van der Waals surface area contributed by atoms with Crippen molar-refractivity contribution in [3.05, 3.63) is 83.3 Å². The molecule has 3 aliphatic rings. The molecular weight excluding hydrogens is 677 g/mol. The van der Waals surface area contributed by atoms with Crippen LogP contribution in [0.15, 0.2) is 48.9 Å². The summed E-state index contributed by atoms with van der Waals surface area (Å²) >= 11 is 0. The van der Waals surface area contributed by atoms with Gasteiger partial charge in [0.25, 0.3) is 0 Å². The molecule has 0 aliphatic carbocycles. The zero-order valence-electron chi connectivity index (χ0n) is 28.5. The first-order valence-electron chi connectivity index (χ1n) is 16.9. The molecule has 16 heteroatoms. The van der Waals surface area contributed by atoms with Crippen LogP contribution < -0.4 is 10.2 Å². The summed E-state index contributed by atoms with van der Waals surface area (Å²) in [6.45, 7) is 3.52. The smallest absolute Gasteiger partial charge is 0.245 e. The van der Waals surface area contributed by atoms with Crippen molar-refractivity contribution in [1.29, 1.82) is 0 Å². The van der Waals surface area contributed by atoms with Crippen molar-refractivity contribution in [2.75, 3.05) is 37.5 Å². The largest absolute Gasteiger partial charge is 0.378 e. The number of anilines is 2. The van der Waals surface area contributed by atoms with E-state index in [4.69, 9.17) is 19.4 Å². The van der Waals surface area contributed by atoms with Crippen molar-refractivity contribution in [1.82, 2.24) is 39.2 Å². The van der Waals surface area contributed by atoms with Gasteiger partial charge in [-0.05, 0) is 43.2 Å². The number of halogens is 3. The maximum Gasteiger partial charge on any atom is 0.245 e. The van der Waals surface area contributed by atoms with Gasteiger partial charge in [-0.1, -0.05) is 0 Å². The van der Waals surface area contributed by atoms with Crippen LogP contribution in [0.25, 0.3) is 39.0 Å². The Morgan fingerprint density at radius 1 is 1.00 bits per heavy atom. The molecule has 9 rings (SSSR count). The van der Waals surface area contributed by atoms with Crippen molar-refractivity contribution < 1.29 is 27.4 Å². The Morgan fingerprint density at radius 2 is 1.87 bits per heavy atom. The number of aromatic nitrogens is 7. The van der Waals surface area contributed by atoms with Gasteiger partial charge in [0, 0.05) is 56.5 Å². The van der Waals surface area contributed by atoms with Crippen LogP contribution in [0.1, 0.15) is 23.4 Å². The van der Waals surface area contributed by atoms with Crippen LogP contribution >= 0.6 is 0 Å². The van der Waals surface area contributed by atoms with Gasteiger partial charge in [0.05, 0.1) is 54.2 Å². The predicted molar refractivity (Wildman–Crippen MR) is 184 cm³/mol. The first-order chi connectivity index (χ1) is 25.2. The number of hydrogen-bond donors (Lipinski definition) is 1. The molecule has 13 nitrogen and oxygen atoms in total. The van der Waals surface area contributed by atoms with Gasteiger partial charge in [0.2, 0.25) is 5.91 Å². The quantitative estimate of drug-likeness (QED) is 0.280. The number of nitrogens with one attached hydrogen (secondary N) is 1. The molecule has 6 aromatic rings. The van der Waals surface area contributed by atoms with Crippen LogP contribution in [0.5, 0.6) is 0 Å². The molecule has 0 unspecified atom stereocenters. The third kappa shape index (κ3) is 5.23. The van der Waals surface area contributed by atoms with Crippen molar-refractivity contribution in [2.24, 2.45) is 0 Å². The molecule has 4 aromatic heterocycles. The molecule has 1 fully saturated rings. The molecular formula is C36H33F3N10O3. The monoisotopic (exact) mass is 710 g/mol.